The molecule has 1 fully saturated rings. The average molecular weight is 535 g/mol. The van der Waals surface area contributed by atoms with Gasteiger partial charge in [-0.3, -0.25) is 5.41 Å². The summed E-state index contributed by atoms with van der Waals surface area (Å²) in [5.41, 5.74) is 6.52. The average Bonchev–Trinajstić information content (AvgIpc) is 3.34. The molecule has 7 heteroatoms. The molecule has 0 spiro atoms. The first-order chi connectivity index (χ1) is 19.7. The van der Waals surface area contributed by atoms with Crippen LogP contribution in [0.15, 0.2) is 85.2 Å². The van der Waals surface area contributed by atoms with Gasteiger partial charge in [0.25, 0.3) is 0 Å². The number of hydrogen-bond acceptors (Lipinski definition) is 5. The molecule has 1 saturated heterocycles. The minimum Gasteiger partial charge on any atom is -0.497 e. The van der Waals surface area contributed by atoms with Gasteiger partial charge in [0.1, 0.15) is 22.6 Å². The molecule has 204 valence electrons. The maximum atomic E-state index is 9.48. The molecule has 1 aliphatic heterocycles. The fourth-order valence-corrected chi connectivity index (χ4v) is 5.64. The van der Waals surface area contributed by atoms with Crippen molar-refractivity contribution in [1.82, 2.24) is 14.1 Å². The van der Waals surface area contributed by atoms with Gasteiger partial charge in [0.15, 0.2) is 0 Å². The fraction of sp³-hybridized carbons (Fsp3) is 0.273. The van der Waals surface area contributed by atoms with Crippen molar-refractivity contribution < 1.29 is 14.2 Å². The van der Waals surface area contributed by atoms with E-state index in [1.54, 1.807) is 14.2 Å². The Hall–Kier alpha value is -4.36. The molecule has 3 aromatic carbocycles. The van der Waals surface area contributed by atoms with Crippen LogP contribution in [-0.2, 0) is 17.8 Å². The van der Waals surface area contributed by atoms with E-state index in [4.69, 9.17) is 19.2 Å². The van der Waals surface area contributed by atoms with Crippen LogP contribution in [0.5, 0.6) is 11.5 Å². The van der Waals surface area contributed by atoms with Gasteiger partial charge in [-0.2, -0.15) is 0 Å². The van der Waals surface area contributed by atoms with Gasteiger partial charge in [-0.1, -0.05) is 42.5 Å². The highest BCUT2D eigenvalue weighted by molar-refractivity contribution is 6.02. The third-order valence-corrected chi connectivity index (χ3v) is 7.80. The zero-order chi connectivity index (χ0) is 27.5. The molecule has 5 aromatic rings. The standard InChI is InChI=1S/C33H34N4O3/c1-38-27-12-8-25(9-13-27)29-30-32(34)36(20-24-16-18-40-19-17-24)22-35-33(30)37(21-23-6-4-3-5-7-23)31(29)26-10-14-28(39-2)15-11-26/h3-15,22,24,34H,16-21H2,1-2H3. The molecule has 0 bridgehead atoms. The van der Waals surface area contributed by atoms with Gasteiger partial charge < -0.3 is 23.3 Å². The van der Waals surface area contributed by atoms with Crippen LogP contribution in [0.4, 0.5) is 0 Å². The zero-order valence-electron chi connectivity index (χ0n) is 23.0. The third kappa shape index (κ3) is 5.00. The lowest BCUT2D eigenvalue weighted by atomic mass is 9.98. The van der Waals surface area contributed by atoms with Gasteiger partial charge in [-0.05, 0) is 71.8 Å². The molecule has 6 rings (SSSR count). The lowest BCUT2D eigenvalue weighted by Gasteiger charge is -2.23. The summed E-state index contributed by atoms with van der Waals surface area (Å²) in [4.78, 5) is 5.03. The fourth-order valence-electron chi connectivity index (χ4n) is 5.64. The van der Waals surface area contributed by atoms with Crippen LogP contribution in [0.25, 0.3) is 33.4 Å². The van der Waals surface area contributed by atoms with Gasteiger partial charge >= 0.3 is 0 Å². The second kappa shape index (κ2) is 11.4. The SMILES string of the molecule is COc1ccc(-c2c(-c3ccc(OC)cc3)n(Cc3ccccc3)c3ncn(CC4CCOCC4)c(=N)c23)cc1. The number of ether oxygens (including phenoxy) is 3. The van der Waals surface area contributed by atoms with Crippen molar-refractivity contribution in [3.8, 4) is 33.9 Å². The summed E-state index contributed by atoms with van der Waals surface area (Å²) in [6.45, 7) is 2.95. The number of methoxy groups -OCH3 is 2. The number of benzene rings is 3. The van der Waals surface area contributed by atoms with Crippen molar-refractivity contribution in [2.24, 2.45) is 5.92 Å². The Labute approximate surface area is 234 Å². The maximum Gasteiger partial charge on any atom is 0.146 e. The Morgan fingerprint density at radius 3 is 2.10 bits per heavy atom. The molecule has 0 radical (unpaired) electrons. The molecule has 3 heterocycles. The van der Waals surface area contributed by atoms with E-state index >= 15 is 0 Å². The Balaban J connectivity index is 1.62. The first kappa shape index (κ1) is 25.9. The first-order valence-corrected chi connectivity index (χ1v) is 13.7. The summed E-state index contributed by atoms with van der Waals surface area (Å²) in [7, 11) is 3.35. The maximum absolute atomic E-state index is 9.48. The predicted octanol–water partition coefficient (Wildman–Crippen LogP) is 6.14. The van der Waals surface area contributed by atoms with Crippen LogP contribution in [0.2, 0.25) is 0 Å². The second-order valence-electron chi connectivity index (χ2n) is 10.3. The number of aromatic nitrogens is 3. The van der Waals surface area contributed by atoms with E-state index in [-0.39, 0.29) is 0 Å². The summed E-state index contributed by atoms with van der Waals surface area (Å²) < 4.78 is 20.8. The summed E-state index contributed by atoms with van der Waals surface area (Å²) in [6, 6.07) is 26.6. The Bertz CT molecular complexity index is 1650. The molecule has 40 heavy (non-hydrogen) atoms. The Morgan fingerprint density at radius 1 is 0.850 bits per heavy atom. The molecule has 0 saturated carbocycles. The Kier molecular flexibility index (Phi) is 7.38. The molecule has 0 atom stereocenters. The number of nitrogens with one attached hydrogen (secondary N) is 1. The summed E-state index contributed by atoms with van der Waals surface area (Å²) in [5.74, 6) is 2.06. The highest BCUT2D eigenvalue weighted by atomic mass is 16.5. The van der Waals surface area contributed by atoms with Gasteiger partial charge in [0.2, 0.25) is 0 Å². The van der Waals surface area contributed by atoms with E-state index in [0.717, 1.165) is 77.5 Å². The molecule has 0 unspecified atom stereocenters. The van der Waals surface area contributed by atoms with E-state index < -0.39 is 0 Å². The number of fused-ring (bicyclic) bond motifs is 1. The van der Waals surface area contributed by atoms with E-state index in [2.05, 4.69) is 53.1 Å². The lowest BCUT2D eigenvalue weighted by Crippen LogP contribution is -2.28. The van der Waals surface area contributed by atoms with Gasteiger partial charge in [-0.25, -0.2) is 4.98 Å². The molecular formula is C33H34N4O3. The second-order valence-corrected chi connectivity index (χ2v) is 10.3. The summed E-state index contributed by atoms with van der Waals surface area (Å²) >= 11 is 0. The minimum absolute atomic E-state index is 0.471. The molecule has 7 nitrogen and oxygen atoms in total. The monoisotopic (exact) mass is 534 g/mol. The van der Waals surface area contributed by atoms with E-state index in [0.29, 0.717) is 18.0 Å². The zero-order valence-corrected chi connectivity index (χ0v) is 23.0. The summed E-state index contributed by atoms with van der Waals surface area (Å²) in [5, 5.41) is 10.3. The Morgan fingerprint density at radius 2 is 1.48 bits per heavy atom. The molecule has 1 aliphatic rings. The number of rotatable bonds is 8. The van der Waals surface area contributed by atoms with E-state index in [1.165, 1.54) is 5.56 Å². The van der Waals surface area contributed by atoms with Crippen LogP contribution in [-0.4, -0.2) is 41.6 Å². The first-order valence-electron chi connectivity index (χ1n) is 13.7. The van der Waals surface area contributed by atoms with Crippen molar-refractivity contribution in [3.63, 3.8) is 0 Å². The van der Waals surface area contributed by atoms with Crippen LogP contribution >= 0.6 is 0 Å². The van der Waals surface area contributed by atoms with Crippen molar-refractivity contribution in [2.45, 2.75) is 25.9 Å². The van der Waals surface area contributed by atoms with Crippen LogP contribution in [0.3, 0.4) is 0 Å². The van der Waals surface area contributed by atoms with Crippen LogP contribution in [0, 0.1) is 11.3 Å². The highest BCUT2D eigenvalue weighted by Gasteiger charge is 2.24. The molecule has 1 N–H and O–H groups in total. The van der Waals surface area contributed by atoms with Crippen molar-refractivity contribution in [3.05, 3.63) is 96.2 Å². The minimum atomic E-state index is 0.471. The topological polar surface area (TPSA) is 74.3 Å². The highest BCUT2D eigenvalue weighted by Crippen LogP contribution is 2.40. The summed E-state index contributed by atoms with van der Waals surface area (Å²) in [6.07, 6.45) is 3.85. The predicted molar refractivity (Wildman–Crippen MR) is 157 cm³/mol. The third-order valence-electron chi connectivity index (χ3n) is 7.80. The van der Waals surface area contributed by atoms with Crippen LogP contribution < -0.4 is 15.0 Å². The molecular weight excluding hydrogens is 500 g/mol. The smallest absolute Gasteiger partial charge is 0.146 e. The number of nitrogens with zero attached hydrogens (tertiary/aromatic N) is 3. The molecule has 2 aromatic heterocycles. The van der Waals surface area contributed by atoms with Gasteiger partial charge in [0.05, 0.1) is 31.6 Å². The largest absolute Gasteiger partial charge is 0.497 e. The van der Waals surface area contributed by atoms with Gasteiger partial charge in [0, 0.05) is 31.9 Å². The molecule has 0 aliphatic carbocycles. The van der Waals surface area contributed by atoms with Crippen molar-refractivity contribution in [1.29, 1.82) is 5.41 Å². The number of hydrogen-bond donors (Lipinski definition) is 1. The molecule has 0 amide bonds. The van der Waals surface area contributed by atoms with Crippen molar-refractivity contribution in [2.75, 3.05) is 27.4 Å². The quantitative estimate of drug-likeness (QED) is 0.259. The van der Waals surface area contributed by atoms with Gasteiger partial charge in [-0.15, -0.1) is 0 Å². The lowest BCUT2D eigenvalue weighted by molar-refractivity contribution is 0.0608. The van der Waals surface area contributed by atoms with E-state index in [9.17, 15) is 5.41 Å². The van der Waals surface area contributed by atoms with Crippen LogP contribution in [0.1, 0.15) is 18.4 Å². The van der Waals surface area contributed by atoms with E-state index in [1.807, 2.05) is 41.2 Å². The van der Waals surface area contributed by atoms with Crippen molar-refractivity contribution >= 4 is 11.0 Å². The normalized spacial score (nSPS) is 13.9.